The summed E-state index contributed by atoms with van der Waals surface area (Å²) >= 11 is 0. The summed E-state index contributed by atoms with van der Waals surface area (Å²) in [6.45, 7) is 5.47. The van der Waals surface area contributed by atoms with Crippen LogP contribution in [-0.2, 0) is 12.1 Å². The van der Waals surface area contributed by atoms with E-state index in [1.165, 1.54) is 0 Å². The Balaban J connectivity index is 1.62. The Kier molecular flexibility index (Phi) is 6.45. The smallest absolute Gasteiger partial charge is 0.191 e. The number of aliphatic hydroxyl groups is 1. The molecule has 1 heterocycles. The molecule has 146 valence electrons. The summed E-state index contributed by atoms with van der Waals surface area (Å²) in [5, 5.41) is 21.5. The van der Waals surface area contributed by atoms with E-state index in [1.807, 2.05) is 78.5 Å². The summed E-state index contributed by atoms with van der Waals surface area (Å²) in [5.74, 6) is 0.676. The lowest BCUT2D eigenvalue weighted by Gasteiger charge is -2.25. The first-order chi connectivity index (χ1) is 13.6. The minimum absolute atomic E-state index is 0.362. The van der Waals surface area contributed by atoms with Crippen LogP contribution in [-0.4, -0.2) is 33.9 Å². The summed E-state index contributed by atoms with van der Waals surface area (Å²) in [6, 6.07) is 19.7. The van der Waals surface area contributed by atoms with Crippen molar-refractivity contribution in [2.24, 2.45) is 4.99 Å². The van der Waals surface area contributed by atoms with Crippen LogP contribution >= 0.6 is 0 Å². The van der Waals surface area contributed by atoms with Crippen LogP contribution in [0.1, 0.15) is 25.0 Å². The molecule has 0 fully saturated rings. The number of aromatic nitrogens is 2. The Labute approximate surface area is 165 Å². The molecule has 2 aromatic carbocycles. The predicted octanol–water partition coefficient (Wildman–Crippen LogP) is 2.84. The molecule has 28 heavy (non-hydrogen) atoms. The van der Waals surface area contributed by atoms with E-state index < -0.39 is 5.60 Å². The summed E-state index contributed by atoms with van der Waals surface area (Å²) in [5.41, 5.74) is 2.00. The third-order valence-electron chi connectivity index (χ3n) is 4.46. The molecule has 0 saturated carbocycles. The van der Waals surface area contributed by atoms with Crippen molar-refractivity contribution < 1.29 is 5.11 Å². The third-order valence-corrected chi connectivity index (χ3v) is 4.46. The van der Waals surface area contributed by atoms with E-state index in [0.29, 0.717) is 19.0 Å². The van der Waals surface area contributed by atoms with Crippen molar-refractivity contribution in [3.05, 3.63) is 84.2 Å². The van der Waals surface area contributed by atoms with E-state index in [0.717, 1.165) is 23.4 Å². The molecular formula is C22H27N5O. The number of aliphatic imine (C=N–C) groups is 1. The van der Waals surface area contributed by atoms with Crippen LogP contribution in [0.4, 0.5) is 0 Å². The van der Waals surface area contributed by atoms with Gasteiger partial charge >= 0.3 is 0 Å². The first-order valence-electron chi connectivity index (χ1n) is 9.47. The van der Waals surface area contributed by atoms with Crippen molar-refractivity contribution in [3.8, 4) is 5.69 Å². The molecule has 1 aromatic heterocycles. The number of rotatable bonds is 7. The van der Waals surface area contributed by atoms with Crippen molar-refractivity contribution >= 4 is 5.96 Å². The van der Waals surface area contributed by atoms with E-state index in [-0.39, 0.29) is 0 Å². The zero-order valence-corrected chi connectivity index (χ0v) is 16.3. The number of nitrogens with zero attached hydrogens (tertiary/aromatic N) is 3. The quantitative estimate of drug-likeness (QED) is 0.437. The number of benzene rings is 2. The average molecular weight is 377 g/mol. The lowest BCUT2D eigenvalue weighted by atomic mass is 9.96. The molecule has 0 radical (unpaired) electrons. The first kappa shape index (κ1) is 19.6. The van der Waals surface area contributed by atoms with Gasteiger partial charge in [0.15, 0.2) is 5.96 Å². The maximum Gasteiger partial charge on any atom is 0.191 e. The third kappa shape index (κ3) is 5.20. The van der Waals surface area contributed by atoms with Gasteiger partial charge in [-0.15, -0.1) is 0 Å². The van der Waals surface area contributed by atoms with Gasteiger partial charge in [-0.3, -0.25) is 0 Å². The lowest BCUT2D eigenvalue weighted by Crippen LogP contribution is -2.44. The minimum Gasteiger partial charge on any atom is -0.384 e. The normalized spacial score (nSPS) is 13.8. The fraction of sp³-hybridized carbons (Fsp3) is 0.273. The van der Waals surface area contributed by atoms with Gasteiger partial charge in [0.2, 0.25) is 0 Å². The maximum absolute atomic E-state index is 10.8. The van der Waals surface area contributed by atoms with Crippen molar-refractivity contribution in [2.75, 3.05) is 13.1 Å². The molecule has 6 nitrogen and oxygen atoms in total. The SMILES string of the molecule is CCNC(=NCc1ccc(-n2cccn2)cc1)NCC(C)(O)c1ccccc1. The van der Waals surface area contributed by atoms with Crippen molar-refractivity contribution in [1.82, 2.24) is 20.4 Å². The van der Waals surface area contributed by atoms with E-state index in [1.54, 1.807) is 13.1 Å². The molecule has 1 atom stereocenters. The molecule has 6 heteroatoms. The molecule has 3 aromatic rings. The molecule has 0 aliphatic carbocycles. The van der Waals surface area contributed by atoms with Gasteiger partial charge in [0.05, 0.1) is 18.8 Å². The van der Waals surface area contributed by atoms with Crippen LogP contribution in [0.2, 0.25) is 0 Å². The highest BCUT2D eigenvalue weighted by Gasteiger charge is 2.22. The number of hydrogen-bond acceptors (Lipinski definition) is 3. The topological polar surface area (TPSA) is 74.5 Å². The Morgan fingerprint density at radius 1 is 1.07 bits per heavy atom. The molecule has 0 spiro atoms. The summed E-state index contributed by atoms with van der Waals surface area (Å²) in [7, 11) is 0. The molecule has 0 amide bonds. The molecule has 0 saturated heterocycles. The first-order valence-corrected chi connectivity index (χ1v) is 9.47. The van der Waals surface area contributed by atoms with Gasteiger partial charge in [-0.25, -0.2) is 9.67 Å². The van der Waals surface area contributed by atoms with Gasteiger partial charge in [-0.1, -0.05) is 42.5 Å². The highest BCUT2D eigenvalue weighted by molar-refractivity contribution is 5.79. The molecule has 3 rings (SSSR count). The second-order valence-electron chi connectivity index (χ2n) is 6.81. The highest BCUT2D eigenvalue weighted by Crippen LogP contribution is 2.18. The second kappa shape index (κ2) is 9.19. The molecular weight excluding hydrogens is 350 g/mol. The monoisotopic (exact) mass is 377 g/mol. The summed E-state index contributed by atoms with van der Waals surface area (Å²) < 4.78 is 1.82. The van der Waals surface area contributed by atoms with Crippen LogP contribution in [0.25, 0.3) is 5.69 Å². The zero-order chi connectivity index (χ0) is 19.8. The van der Waals surface area contributed by atoms with Crippen molar-refractivity contribution in [1.29, 1.82) is 0 Å². The Hall–Kier alpha value is -3.12. The molecule has 1 unspecified atom stereocenters. The lowest BCUT2D eigenvalue weighted by molar-refractivity contribution is 0.0617. The van der Waals surface area contributed by atoms with Gasteiger partial charge in [0.25, 0.3) is 0 Å². The standard InChI is InChI=1S/C22H27N5O/c1-3-23-21(25-17-22(2,28)19-8-5-4-6-9-19)24-16-18-10-12-20(13-11-18)27-15-7-14-26-27/h4-15,28H,3,16-17H2,1-2H3,(H2,23,24,25). The minimum atomic E-state index is -0.983. The Bertz CT molecular complexity index is 871. The summed E-state index contributed by atoms with van der Waals surface area (Å²) in [4.78, 5) is 4.63. The molecule has 3 N–H and O–H groups in total. The van der Waals surface area contributed by atoms with E-state index in [4.69, 9.17) is 0 Å². The Morgan fingerprint density at radius 3 is 2.46 bits per heavy atom. The van der Waals surface area contributed by atoms with Crippen LogP contribution in [0.15, 0.2) is 78.0 Å². The van der Waals surface area contributed by atoms with E-state index in [9.17, 15) is 5.11 Å². The number of nitrogens with one attached hydrogen (secondary N) is 2. The molecule has 0 bridgehead atoms. The van der Waals surface area contributed by atoms with Crippen molar-refractivity contribution in [2.45, 2.75) is 26.0 Å². The highest BCUT2D eigenvalue weighted by atomic mass is 16.3. The van der Waals surface area contributed by atoms with Crippen LogP contribution in [0, 0.1) is 0 Å². The largest absolute Gasteiger partial charge is 0.384 e. The van der Waals surface area contributed by atoms with Crippen LogP contribution in [0.5, 0.6) is 0 Å². The fourth-order valence-corrected chi connectivity index (χ4v) is 2.84. The fourth-order valence-electron chi connectivity index (χ4n) is 2.84. The van der Waals surface area contributed by atoms with Gasteiger partial charge in [-0.2, -0.15) is 5.10 Å². The van der Waals surface area contributed by atoms with Gasteiger partial charge in [-0.05, 0) is 43.2 Å². The molecule has 0 aliphatic heterocycles. The van der Waals surface area contributed by atoms with E-state index in [2.05, 4.69) is 20.7 Å². The van der Waals surface area contributed by atoms with E-state index >= 15 is 0 Å². The van der Waals surface area contributed by atoms with Gasteiger partial charge < -0.3 is 15.7 Å². The molecule has 0 aliphatic rings. The van der Waals surface area contributed by atoms with Gasteiger partial charge in [0, 0.05) is 18.9 Å². The number of hydrogen-bond donors (Lipinski definition) is 3. The second-order valence-corrected chi connectivity index (χ2v) is 6.81. The maximum atomic E-state index is 10.8. The average Bonchev–Trinajstić information content (AvgIpc) is 3.26. The van der Waals surface area contributed by atoms with Crippen molar-refractivity contribution in [3.63, 3.8) is 0 Å². The zero-order valence-electron chi connectivity index (χ0n) is 16.3. The van der Waals surface area contributed by atoms with Gasteiger partial charge in [0.1, 0.15) is 5.60 Å². The predicted molar refractivity (Wildman–Crippen MR) is 112 cm³/mol. The van der Waals surface area contributed by atoms with Crippen LogP contribution < -0.4 is 10.6 Å². The Morgan fingerprint density at radius 2 is 1.82 bits per heavy atom. The number of guanidine groups is 1. The summed E-state index contributed by atoms with van der Waals surface area (Å²) in [6.07, 6.45) is 3.68. The van der Waals surface area contributed by atoms with Crippen LogP contribution in [0.3, 0.4) is 0 Å².